The van der Waals surface area contributed by atoms with Crippen molar-refractivity contribution < 1.29 is 22.7 Å². The minimum Gasteiger partial charge on any atom is -0.465 e. The number of sulfone groups is 1. The Kier molecular flexibility index (Phi) is 5.48. The van der Waals surface area contributed by atoms with Crippen molar-refractivity contribution in [2.75, 3.05) is 30.5 Å². The first-order valence-electron chi connectivity index (χ1n) is 6.94. The maximum absolute atomic E-state index is 11.8. The zero-order valence-electron chi connectivity index (χ0n) is 12.5. The van der Waals surface area contributed by atoms with Crippen LogP contribution in [0.25, 0.3) is 0 Å². The van der Waals surface area contributed by atoms with Crippen LogP contribution in [0, 0.1) is 5.92 Å². The van der Waals surface area contributed by atoms with Crippen LogP contribution in [0.2, 0.25) is 5.02 Å². The third-order valence-corrected chi connectivity index (χ3v) is 5.67. The first-order chi connectivity index (χ1) is 10.8. The molecule has 23 heavy (non-hydrogen) atoms. The molecular weight excluding hydrogens is 344 g/mol. The predicted octanol–water partition coefficient (Wildman–Crippen LogP) is 1.68. The van der Waals surface area contributed by atoms with Gasteiger partial charge in [0.25, 0.3) is 0 Å². The lowest BCUT2D eigenvalue weighted by Gasteiger charge is -2.12. The van der Waals surface area contributed by atoms with Crippen molar-refractivity contribution in [2.45, 2.75) is 6.42 Å². The molecule has 126 valence electrons. The van der Waals surface area contributed by atoms with E-state index in [-0.39, 0.29) is 34.6 Å². The van der Waals surface area contributed by atoms with Gasteiger partial charge in [-0.15, -0.1) is 0 Å². The summed E-state index contributed by atoms with van der Waals surface area (Å²) in [5.74, 6) is -0.404. The summed E-state index contributed by atoms with van der Waals surface area (Å²) in [6, 6.07) is 3.96. The molecule has 0 aliphatic carbocycles. The van der Waals surface area contributed by atoms with Crippen LogP contribution in [0.4, 0.5) is 10.5 Å². The topological polar surface area (TPSA) is 102 Å². The van der Waals surface area contributed by atoms with Crippen molar-refractivity contribution in [3.63, 3.8) is 0 Å². The zero-order chi connectivity index (χ0) is 17.0. The maximum atomic E-state index is 11.8. The molecule has 0 spiro atoms. The van der Waals surface area contributed by atoms with Crippen LogP contribution in [-0.4, -0.2) is 45.6 Å². The van der Waals surface area contributed by atoms with E-state index in [1.807, 2.05) is 0 Å². The third kappa shape index (κ3) is 4.84. The van der Waals surface area contributed by atoms with Crippen molar-refractivity contribution in [1.29, 1.82) is 0 Å². The highest BCUT2D eigenvalue weighted by Crippen LogP contribution is 2.21. The minimum atomic E-state index is -2.96. The molecule has 0 radical (unpaired) electrons. The monoisotopic (exact) mass is 360 g/mol. The van der Waals surface area contributed by atoms with Gasteiger partial charge in [-0.3, -0.25) is 0 Å². The Bertz CT molecular complexity index is 720. The van der Waals surface area contributed by atoms with E-state index in [1.54, 1.807) is 6.07 Å². The number of carbonyl (C=O) groups excluding carboxylic acids is 2. The summed E-state index contributed by atoms with van der Waals surface area (Å²) in [4.78, 5) is 23.4. The maximum Gasteiger partial charge on any atom is 0.339 e. The molecule has 0 saturated carbocycles. The summed E-state index contributed by atoms with van der Waals surface area (Å²) in [6.45, 7) is 0.280. The number of hydrogen-bond acceptors (Lipinski definition) is 5. The van der Waals surface area contributed by atoms with E-state index in [0.717, 1.165) is 0 Å². The van der Waals surface area contributed by atoms with Gasteiger partial charge in [0.15, 0.2) is 9.84 Å². The molecule has 1 heterocycles. The Morgan fingerprint density at radius 3 is 2.74 bits per heavy atom. The second-order valence-electron chi connectivity index (χ2n) is 5.29. The number of rotatable bonds is 4. The van der Waals surface area contributed by atoms with E-state index in [2.05, 4.69) is 15.4 Å². The summed E-state index contributed by atoms with van der Waals surface area (Å²) in [7, 11) is -1.73. The molecule has 1 saturated heterocycles. The number of hydrogen-bond donors (Lipinski definition) is 2. The molecule has 2 amide bonds. The van der Waals surface area contributed by atoms with Crippen LogP contribution in [0.15, 0.2) is 18.2 Å². The second kappa shape index (κ2) is 7.18. The summed E-state index contributed by atoms with van der Waals surface area (Å²) >= 11 is 5.89. The molecule has 1 fully saturated rings. The van der Waals surface area contributed by atoms with Crippen LogP contribution in [-0.2, 0) is 14.6 Å². The fraction of sp³-hybridized carbons (Fsp3) is 0.429. The quantitative estimate of drug-likeness (QED) is 0.795. The molecule has 1 aromatic carbocycles. The van der Waals surface area contributed by atoms with Crippen LogP contribution in [0.3, 0.4) is 0 Å². The van der Waals surface area contributed by atoms with Crippen molar-refractivity contribution in [1.82, 2.24) is 5.32 Å². The van der Waals surface area contributed by atoms with Gasteiger partial charge in [-0.2, -0.15) is 0 Å². The lowest BCUT2D eigenvalue weighted by atomic mass is 10.1. The SMILES string of the molecule is COC(=O)c1cc(NC(=O)NCC2CCS(=O)(=O)C2)ccc1Cl. The van der Waals surface area contributed by atoms with Gasteiger partial charge in [-0.05, 0) is 30.5 Å². The number of carbonyl (C=O) groups is 2. The lowest BCUT2D eigenvalue weighted by molar-refractivity contribution is 0.0601. The number of ether oxygens (including phenoxy) is 1. The van der Waals surface area contributed by atoms with E-state index in [4.69, 9.17) is 11.6 Å². The summed E-state index contributed by atoms with van der Waals surface area (Å²) in [5, 5.41) is 5.41. The van der Waals surface area contributed by atoms with Gasteiger partial charge < -0.3 is 15.4 Å². The van der Waals surface area contributed by atoms with E-state index in [9.17, 15) is 18.0 Å². The number of methoxy groups -OCH3 is 1. The van der Waals surface area contributed by atoms with Crippen molar-refractivity contribution >= 4 is 39.1 Å². The number of halogens is 1. The first kappa shape index (κ1) is 17.6. The lowest BCUT2D eigenvalue weighted by Crippen LogP contribution is -2.33. The van der Waals surface area contributed by atoms with Crippen LogP contribution in [0.5, 0.6) is 0 Å². The molecular formula is C14H17ClN2O5S. The molecule has 9 heteroatoms. The Morgan fingerprint density at radius 2 is 2.13 bits per heavy atom. The Labute approximate surface area is 139 Å². The van der Waals surface area contributed by atoms with Crippen LogP contribution in [0.1, 0.15) is 16.8 Å². The van der Waals surface area contributed by atoms with Gasteiger partial charge in [0, 0.05) is 12.2 Å². The number of benzene rings is 1. The largest absolute Gasteiger partial charge is 0.465 e. The Hall–Kier alpha value is -1.80. The second-order valence-corrected chi connectivity index (χ2v) is 7.93. The van der Waals surface area contributed by atoms with E-state index in [1.165, 1.54) is 19.2 Å². The first-order valence-corrected chi connectivity index (χ1v) is 9.14. The Morgan fingerprint density at radius 1 is 1.39 bits per heavy atom. The van der Waals surface area contributed by atoms with E-state index >= 15 is 0 Å². The molecule has 1 aliphatic rings. The molecule has 2 N–H and O–H groups in total. The standard InChI is InChI=1S/C14H17ClN2O5S/c1-22-13(18)11-6-10(2-3-12(11)15)17-14(19)16-7-9-4-5-23(20,21)8-9/h2-3,6,9H,4-5,7-8H2,1H3,(H2,16,17,19). The highest BCUT2D eigenvalue weighted by Gasteiger charge is 2.27. The van der Waals surface area contributed by atoms with Gasteiger partial charge in [0.1, 0.15) is 0 Å². The number of anilines is 1. The Balaban J connectivity index is 1.92. The van der Waals surface area contributed by atoms with Crippen LogP contribution >= 0.6 is 11.6 Å². The molecule has 7 nitrogen and oxygen atoms in total. The zero-order valence-corrected chi connectivity index (χ0v) is 14.0. The van der Waals surface area contributed by atoms with E-state index < -0.39 is 21.8 Å². The summed E-state index contributed by atoms with van der Waals surface area (Å²) < 4.78 is 27.3. The third-order valence-electron chi connectivity index (χ3n) is 3.51. The summed E-state index contributed by atoms with van der Waals surface area (Å²) in [5.41, 5.74) is 0.528. The van der Waals surface area contributed by atoms with Crippen molar-refractivity contribution in [3.05, 3.63) is 28.8 Å². The smallest absolute Gasteiger partial charge is 0.339 e. The normalized spacial score (nSPS) is 19.1. The number of amides is 2. The van der Waals surface area contributed by atoms with Gasteiger partial charge in [0.05, 0.1) is 29.2 Å². The molecule has 0 aromatic heterocycles. The molecule has 1 atom stereocenters. The molecule has 1 aromatic rings. The van der Waals surface area contributed by atoms with Gasteiger partial charge >= 0.3 is 12.0 Å². The van der Waals surface area contributed by atoms with Gasteiger partial charge in [-0.25, -0.2) is 18.0 Å². The number of urea groups is 1. The fourth-order valence-corrected chi connectivity index (χ4v) is 4.37. The van der Waals surface area contributed by atoms with E-state index in [0.29, 0.717) is 12.1 Å². The summed E-state index contributed by atoms with van der Waals surface area (Å²) in [6.07, 6.45) is 0.552. The highest BCUT2D eigenvalue weighted by molar-refractivity contribution is 7.91. The van der Waals surface area contributed by atoms with Crippen molar-refractivity contribution in [3.8, 4) is 0 Å². The number of nitrogens with one attached hydrogen (secondary N) is 2. The average Bonchev–Trinajstić information content (AvgIpc) is 2.85. The van der Waals surface area contributed by atoms with Gasteiger partial charge in [-0.1, -0.05) is 11.6 Å². The molecule has 1 unspecified atom stereocenters. The minimum absolute atomic E-state index is 0.0680. The molecule has 0 bridgehead atoms. The predicted molar refractivity (Wildman–Crippen MR) is 86.6 cm³/mol. The molecule has 1 aliphatic heterocycles. The highest BCUT2D eigenvalue weighted by atomic mass is 35.5. The van der Waals surface area contributed by atoms with Crippen LogP contribution < -0.4 is 10.6 Å². The van der Waals surface area contributed by atoms with Gasteiger partial charge in [0.2, 0.25) is 0 Å². The fourth-order valence-electron chi connectivity index (χ4n) is 2.31. The molecule has 2 rings (SSSR count). The van der Waals surface area contributed by atoms with Crippen molar-refractivity contribution in [2.24, 2.45) is 5.92 Å². The number of esters is 1. The average molecular weight is 361 g/mol.